The fraction of sp³-hybridized carbons (Fsp3) is 0.636. The number of hydrogen-bond donors (Lipinski definition) is 2. The Morgan fingerprint density at radius 2 is 1.79 bits per heavy atom. The predicted molar refractivity (Wildman–Crippen MR) is 73.7 cm³/mol. The topological polar surface area (TPSA) is 101 Å². The van der Waals surface area contributed by atoms with E-state index >= 15 is 0 Å². The molecule has 0 saturated carbocycles. The third-order valence-corrected chi connectivity index (χ3v) is 5.11. The van der Waals surface area contributed by atoms with Gasteiger partial charge in [0.15, 0.2) is 0 Å². The molecule has 0 radical (unpaired) electrons. The first-order valence-corrected chi connectivity index (χ1v) is 7.31. The quantitative estimate of drug-likeness (QED) is 0.628. The van der Waals surface area contributed by atoms with Crippen molar-refractivity contribution in [2.24, 2.45) is 11.3 Å². The van der Waals surface area contributed by atoms with Gasteiger partial charge < -0.3 is 0 Å². The summed E-state index contributed by atoms with van der Waals surface area (Å²) >= 11 is 0. The largest absolute Gasteiger partial charge is 0.292 e. The molecule has 7 nitrogen and oxygen atoms in total. The Kier molecular flexibility index (Phi) is 4.49. The molecule has 0 aliphatic carbocycles. The van der Waals surface area contributed by atoms with Gasteiger partial charge in [-0.15, -0.1) is 0 Å². The van der Waals surface area contributed by atoms with Gasteiger partial charge in [-0.05, 0) is 12.3 Å². The molecule has 108 valence electrons. The zero-order valence-electron chi connectivity index (χ0n) is 11.9. The van der Waals surface area contributed by atoms with Crippen molar-refractivity contribution in [1.29, 1.82) is 0 Å². The molecule has 1 unspecified atom stereocenters. The maximum atomic E-state index is 12.4. The molecule has 1 rings (SSSR count). The monoisotopic (exact) mass is 287 g/mol. The van der Waals surface area contributed by atoms with E-state index in [1.54, 1.807) is 7.05 Å². The molecule has 0 spiro atoms. The highest BCUT2D eigenvalue weighted by Gasteiger charge is 2.32. The maximum Gasteiger partial charge on any atom is 0.246 e. The van der Waals surface area contributed by atoms with E-state index in [9.17, 15) is 8.42 Å². The van der Waals surface area contributed by atoms with Crippen molar-refractivity contribution in [3.05, 3.63) is 12.4 Å². The van der Waals surface area contributed by atoms with Crippen molar-refractivity contribution >= 4 is 16.0 Å². The smallest absolute Gasteiger partial charge is 0.246 e. The van der Waals surface area contributed by atoms with Gasteiger partial charge in [-0.3, -0.25) is 5.43 Å². The van der Waals surface area contributed by atoms with Crippen LogP contribution in [0.3, 0.4) is 0 Å². The SMILES string of the molecule is CC(N(C)S(=O)(=O)c1cnc(NN)nc1)C(C)(C)C. The number of aromatic nitrogens is 2. The summed E-state index contributed by atoms with van der Waals surface area (Å²) in [5.74, 6) is 5.31. The van der Waals surface area contributed by atoms with Crippen LogP contribution >= 0.6 is 0 Å². The van der Waals surface area contributed by atoms with Crippen molar-refractivity contribution in [3.63, 3.8) is 0 Å². The number of nitrogen functional groups attached to an aromatic ring is 1. The van der Waals surface area contributed by atoms with Gasteiger partial charge in [-0.1, -0.05) is 20.8 Å². The number of rotatable bonds is 4. The first kappa shape index (κ1) is 15.8. The van der Waals surface area contributed by atoms with Gasteiger partial charge >= 0.3 is 0 Å². The second-order valence-electron chi connectivity index (χ2n) is 5.45. The van der Waals surface area contributed by atoms with Crippen molar-refractivity contribution in [2.45, 2.75) is 38.6 Å². The van der Waals surface area contributed by atoms with E-state index < -0.39 is 10.0 Å². The van der Waals surface area contributed by atoms with Gasteiger partial charge in [0, 0.05) is 13.1 Å². The molecule has 1 aromatic rings. The first-order valence-electron chi connectivity index (χ1n) is 5.87. The summed E-state index contributed by atoms with van der Waals surface area (Å²) in [5.41, 5.74) is 2.09. The number of nitrogens with one attached hydrogen (secondary N) is 1. The molecule has 0 amide bonds. The van der Waals surface area contributed by atoms with Gasteiger partial charge in [0.1, 0.15) is 4.90 Å². The van der Waals surface area contributed by atoms with Crippen LogP contribution in [0.25, 0.3) is 0 Å². The van der Waals surface area contributed by atoms with Crippen LogP contribution in [0, 0.1) is 5.41 Å². The van der Waals surface area contributed by atoms with Crippen LogP contribution < -0.4 is 11.3 Å². The lowest BCUT2D eigenvalue weighted by Gasteiger charge is -2.34. The second-order valence-corrected chi connectivity index (χ2v) is 7.45. The molecule has 0 bridgehead atoms. The molecule has 0 aliphatic rings. The number of anilines is 1. The van der Waals surface area contributed by atoms with Gasteiger partial charge in [-0.2, -0.15) is 4.31 Å². The molecule has 0 fully saturated rings. The van der Waals surface area contributed by atoms with Crippen molar-refractivity contribution in [3.8, 4) is 0 Å². The normalized spacial score (nSPS) is 14.5. The number of hydrogen-bond acceptors (Lipinski definition) is 6. The second kappa shape index (κ2) is 5.40. The van der Waals surface area contributed by atoms with Crippen LogP contribution in [-0.4, -0.2) is 35.8 Å². The molecule has 3 N–H and O–H groups in total. The lowest BCUT2D eigenvalue weighted by Crippen LogP contribution is -2.42. The number of nitrogens with zero attached hydrogens (tertiary/aromatic N) is 3. The van der Waals surface area contributed by atoms with E-state index in [0.29, 0.717) is 0 Å². The Balaban J connectivity index is 3.09. The van der Waals surface area contributed by atoms with E-state index in [1.807, 2.05) is 27.7 Å². The Morgan fingerprint density at radius 3 is 2.16 bits per heavy atom. The van der Waals surface area contributed by atoms with Crippen LogP contribution in [0.4, 0.5) is 5.95 Å². The van der Waals surface area contributed by atoms with E-state index in [-0.39, 0.29) is 22.3 Å². The van der Waals surface area contributed by atoms with Crippen molar-refractivity contribution in [2.75, 3.05) is 12.5 Å². The first-order chi connectivity index (χ1) is 8.60. The minimum atomic E-state index is -3.61. The minimum absolute atomic E-state index is 0.0464. The molecule has 1 heterocycles. The van der Waals surface area contributed by atoms with E-state index in [2.05, 4.69) is 15.4 Å². The van der Waals surface area contributed by atoms with Gasteiger partial charge in [0.25, 0.3) is 0 Å². The Bertz CT molecular complexity index is 521. The fourth-order valence-electron chi connectivity index (χ4n) is 1.44. The summed E-state index contributed by atoms with van der Waals surface area (Å²) in [6.07, 6.45) is 2.48. The highest BCUT2D eigenvalue weighted by atomic mass is 32.2. The van der Waals surface area contributed by atoms with Crippen LogP contribution in [0.2, 0.25) is 0 Å². The Morgan fingerprint density at radius 1 is 1.32 bits per heavy atom. The molecule has 1 atom stereocenters. The third kappa shape index (κ3) is 3.40. The zero-order valence-corrected chi connectivity index (χ0v) is 12.7. The lowest BCUT2D eigenvalue weighted by molar-refractivity contribution is 0.216. The average molecular weight is 287 g/mol. The molecular weight excluding hydrogens is 266 g/mol. The summed E-state index contributed by atoms with van der Waals surface area (Å²) in [5, 5.41) is 0. The summed E-state index contributed by atoms with van der Waals surface area (Å²) in [7, 11) is -2.05. The predicted octanol–water partition coefficient (Wildman–Crippen LogP) is 0.817. The van der Waals surface area contributed by atoms with Crippen LogP contribution in [0.1, 0.15) is 27.7 Å². The highest BCUT2D eigenvalue weighted by Crippen LogP contribution is 2.27. The highest BCUT2D eigenvalue weighted by molar-refractivity contribution is 7.89. The van der Waals surface area contributed by atoms with E-state index in [1.165, 1.54) is 16.7 Å². The molecule has 0 aliphatic heterocycles. The molecular formula is C11H21N5O2S. The van der Waals surface area contributed by atoms with Gasteiger partial charge in [-0.25, -0.2) is 24.2 Å². The number of sulfonamides is 1. The fourth-order valence-corrected chi connectivity index (χ4v) is 2.88. The van der Waals surface area contributed by atoms with Crippen LogP contribution in [0.5, 0.6) is 0 Å². The standard InChI is InChI=1S/C11H21N5O2S/c1-8(11(2,3)4)16(5)19(17,18)9-6-13-10(15-12)14-7-9/h6-8H,12H2,1-5H3,(H,13,14,15). The van der Waals surface area contributed by atoms with Crippen LogP contribution in [-0.2, 0) is 10.0 Å². The average Bonchev–Trinajstić information content (AvgIpc) is 2.35. The summed E-state index contributed by atoms with van der Waals surface area (Å²) in [4.78, 5) is 7.68. The Hall–Kier alpha value is -1.25. The summed E-state index contributed by atoms with van der Waals surface area (Å²) in [6, 6.07) is -0.162. The summed E-state index contributed by atoms with van der Waals surface area (Å²) < 4.78 is 26.2. The van der Waals surface area contributed by atoms with E-state index in [0.717, 1.165) is 0 Å². The van der Waals surface area contributed by atoms with Gasteiger partial charge in [0.05, 0.1) is 12.4 Å². The summed E-state index contributed by atoms with van der Waals surface area (Å²) in [6.45, 7) is 7.83. The van der Waals surface area contributed by atoms with Crippen molar-refractivity contribution in [1.82, 2.24) is 14.3 Å². The zero-order chi connectivity index (χ0) is 14.8. The molecule has 8 heteroatoms. The lowest BCUT2D eigenvalue weighted by atomic mass is 9.88. The third-order valence-electron chi connectivity index (χ3n) is 3.23. The number of nitrogens with two attached hydrogens (primary N) is 1. The molecule has 19 heavy (non-hydrogen) atoms. The maximum absolute atomic E-state index is 12.4. The molecule has 0 aromatic carbocycles. The van der Waals surface area contributed by atoms with Crippen molar-refractivity contribution < 1.29 is 8.42 Å². The Labute approximate surface area is 114 Å². The molecule has 1 aromatic heterocycles. The van der Waals surface area contributed by atoms with Crippen LogP contribution in [0.15, 0.2) is 17.3 Å². The van der Waals surface area contributed by atoms with Gasteiger partial charge in [0.2, 0.25) is 16.0 Å². The minimum Gasteiger partial charge on any atom is -0.292 e. The number of hydrazine groups is 1. The van der Waals surface area contributed by atoms with E-state index in [4.69, 9.17) is 5.84 Å². The molecule has 0 saturated heterocycles.